The summed E-state index contributed by atoms with van der Waals surface area (Å²) in [6, 6.07) is 9.64. The van der Waals surface area contributed by atoms with Crippen molar-refractivity contribution < 1.29 is 9.84 Å². The molecule has 1 N–H and O–H groups in total. The maximum atomic E-state index is 10.3. The Balaban J connectivity index is 2.20. The molecule has 1 atom stereocenters. The predicted molar refractivity (Wildman–Crippen MR) is 70.7 cm³/mol. The van der Waals surface area contributed by atoms with Crippen LogP contribution in [0.5, 0.6) is 5.75 Å². The van der Waals surface area contributed by atoms with Crippen molar-refractivity contribution in [1.29, 1.82) is 0 Å². The Morgan fingerprint density at radius 2 is 1.94 bits per heavy atom. The van der Waals surface area contributed by atoms with Gasteiger partial charge in [-0.05, 0) is 48.6 Å². The molecule has 3 heteroatoms. The molecule has 0 radical (unpaired) electrons. The largest absolute Gasteiger partial charge is 0.494 e. The van der Waals surface area contributed by atoms with Crippen LogP contribution < -0.4 is 4.74 Å². The van der Waals surface area contributed by atoms with E-state index in [-0.39, 0.29) is 0 Å². The molecular formula is C14H16O2S. The molecule has 2 nitrogen and oxygen atoms in total. The first kappa shape index (κ1) is 12.1. The minimum atomic E-state index is -0.536. The Morgan fingerprint density at radius 1 is 1.24 bits per heavy atom. The van der Waals surface area contributed by atoms with Crippen molar-refractivity contribution in [2.75, 3.05) is 6.61 Å². The highest BCUT2D eigenvalue weighted by Crippen LogP contribution is 2.29. The number of ether oxygens (including phenoxy) is 1. The molecule has 2 aromatic rings. The van der Waals surface area contributed by atoms with E-state index in [4.69, 9.17) is 4.74 Å². The van der Waals surface area contributed by atoms with Gasteiger partial charge in [0, 0.05) is 4.88 Å². The van der Waals surface area contributed by atoms with Crippen molar-refractivity contribution in [1.82, 2.24) is 0 Å². The van der Waals surface area contributed by atoms with Crippen LogP contribution in [-0.2, 0) is 0 Å². The predicted octanol–water partition coefficient (Wildman–Crippen LogP) is 3.54. The van der Waals surface area contributed by atoms with Crippen molar-refractivity contribution in [2.24, 2.45) is 0 Å². The van der Waals surface area contributed by atoms with Gasteiger partial charge in [0.2, 0.25) is 0 Å². The smallest absolute Gasteiger partial charge is 0.119 e. The SMILES string of the molecule is CCOc1ccc(C(O)c2sccc2C)cc1. The lowest BCUT2D eigenvalue weighted by molar-refractivity contribution is 0.223. The molecule has 1 aromatic heterocycles. The fourth-order valence-corrected chi connectivity index (χ4v) is 2.67. The molecule has 1 unspecified atom stereocenters. The summed E-state index contributed by atoms with van der Waals surface area (Å²) in [5.74, 6) is 0.839. The summed E-state index contributed by atoms with van der Waals surface area (Å²) in [4.78, 5) is 1.01. The van der Waals surface area contributed by atoms with Crippen molar-refractivity contribution in [2.45, 2.75) is 20.0 Å². The Hall–Kier alpha value is -1.32. The average molecular weight is 248 g/mol. The van der Waals surface area contributed by atoms with Gasteiger partial charge < -0.3 is 9.84 Å². The second-order valence-electron chi connectivity index (χ2n) is 3.87. The normalized spacial score (nSPS) is 12.4. The van der Waals surface area contributed by atoms with Crippen molar-refractivity contribution in [3.05, 3.63) is 51.7 Å². The molecule has 0 aliphatic heterocycles. The van der Waals surface area contributed by atoms with E-state index < -0.39 is 6.10 Å². The van der Waals surface area contributed by atoms with Crippen molar-refractivity contribution >= 4 is 11.3 Å². The van der Waals surface area contributed by atoms with Crippen LogP contribution in [0, 0.1) is 6.92 Å². The fourth-order valence-electron chi connectivity index (χ4n) is 1.73. The molecule has 0 amide bonds. The zero-order chi connectivity index (χ0) is 12.3. The summed E-state index contributed by atoms with van der Waals surface area (Å²) in [5.41, 5.74) is 2.04. The Bertz CT molecular complexity index is 473. The second kappa shape index (κ2) is 5.34. The zero-order valence-electron chi connectivity index (χ0n) is 10.0. The van der Waals surface area contributed by atoms with E-state index in [1.165, 1.54) is 0 Å². The van der Waals surface area contributed by atoms with Crippen LogP contribution >= 0.6 is 11.3 Å². The quantitative estimate of drug-likeness (QED) is 0.896. The van der Waals surface area contributed by atoms with Crippen LogP contribution in [0.15, 0.2) is 35.7 Å². The van der Waals surface area contributed by atoms with E-state index >= 15 is 0 Å². The van der Waals surface area contributed by atoms with Gasteiger partial charge in [0.05, 0.1) is 6.61 Å². The third-order valence-corrected chi connectivity index (χ3v) is 3.73. The van der Waals surface area contributed by atoms with Crippen LogP contribution in [0.4, 0.5) is 0 Å². The van der Waals surface area contributed by atoms with Gasteiger partial charge in [-0.1, -0.05) is 12.1 Å². The van der Waals surface area contributed by atoms with E-state index in [9.17, 15) is 5.11 Å². The van der Waals surface area contributed by atoms with E-state index in [1.54, 1.807) is 11.3 Å². The first-order valence-corrected chi connectivity index (χ1v) is 6.55. The van der Waals surface area contributed by atoms with Crippen LogP contribution in [0.1, 0.15) is 29.0 Å². The maximum Gasteiger partial charge on any atom is 0.119 e. The van der Waals surface area contributed by atoms with Crippen LogP contribution in [-0.4, -0.2) is 11.7 Å². The fraction of sp³-hybridized carbons (Fsp3) is 0.286. The lowest BCUT2D eigenvalue weighted by atomic mass is 10.1. The molecule has 0 saturated heterocycles. The van der Waals surface area contributed by atoms with Gasteiger partial charge in [0.25, 0.3) is 0 Å². The molecule has 0 saturated carbocycles. The van der Waals surface area contributed by atoms with Crippen LogP contribution in [0.3, 0.4) is 0 Å². The third kappa shape index (κ3) is 2.68. The third-order valence-electron chi connectivity index (χ3n) is 2.66. The summed E-state index contributed by atoms with van der Waals surface area (Å²) in [7, 11) is 0. The standard InChI is InChI=1S/C14H16O2S/c1-3-16-12-6-4-11(5-7-12)13(15)14-10(2)8-9-17-14/h4-9,13,15H,3H2,1-2H3. The average Bonchev–Trinajstić information content (AvgIpc) is 2.76. The van der Waals surface area contributed by atoms with Crippen LogP contribution in [0.2, 0.25) is 0 Å². The number of aryl methyl sites for hydroxylation is 1. The highest BCUT2D eigenvalue weighted by Gasteiger charge is 2.13. The summed E-state index contributed by atoms with van der Waals surface area (Å²) in [6.07, 6.45) is -0.536. The van der Waals surface area contributed by atoms with Gasteiger partial charge in [-0.25, -0.2) is 0 Å². The Morgan fingerprint density at radius 3 is 2.47 bits per heavy atom. The van der Waals surface area contributed by atoms with Crippen LogP contribution in [0.25, 0.3) is 0 Å². The lowest BCUT2D eigenvalue weighted by Crippen LogP contribution is -1.99. The molecule has 0 fully saturated rings. The molecule has 2 rings (SSSR count). The summed E-state index contributed by atoms with van der Waals surface area (Å²) in [5, 5.41) is 12.3. The number of thiophene rings is 1. The zero-order valence-corrected chi connectivity index (χ0v) is 10.8. The van der Waals surface area contributed by atoms with Gasteiger partial charge in [-0.3, -0.25) is 0 Å². The maximum absolute atomic E-state index is 10.3. The monoisotopic (exact) mass is 248 g/mol. The molecule has 90 valence electrons. The molecular weight excluding hydrogens is 232 g/mol. The van der Waals surface area contributed by atoms with Gasteiger partial charge in [-0.15, -0.1) is 11.3 Å². The molecule has 17 heavy (non-hydrogen) atoms. The summed E-state index contributed by atoms with van der Waals surface area (Å²) >= 11 is 1.59. The molecule has 1 heterocycles. The highest BCUT2D eigenvalue weighted by molar-refractivity contribution is 7.10. The Kier molecular flexibility index (Phi) is 3.82. The van der Waals surface area contributed by atoms with E-state index in [2.05, 4.69) is 0 Å². The van der Waals surface area contributed by atoms with E-state index in [1.807, 2.05) is 49.6 Å². The Labute approximate surface area is 105 Å². The van der Waals surface area contributed by atoms with Gasteiger partial charge >= 0.3 is 0 Å². The first-order valence-electron chi connectivity index (χ1n) is 5.67. The number of aliphatic hydroxyl groups is 1. The van der Waals surface area contributed by atoms with Crippen molar-refractivity contribution in [3.63, 3.8) is 0 Å². The number of hydrogen-bond acceptors (Lipinski definition) is 3. The number of rotatable bonds is 4. The van der Waals surface area contributed by atoms with E-state index in [0.717, 1.165) is 21.8 Å². The molecule has 0 bridgehead atoms. The minimum absolute atomic E-state index is 0.536. The van der Waals surface area contributed by atoms with Gasteiger partial charge in [0.15, 0.2) is 0 Å². The highest BCUT2D eigenvalue weighted by atomic mass is 32.1. The number of benzene rings is 1. The number of aliphatic hydroxyl groups excluding tert-OH is 1. The second-order valence-corrected chi connectivity index (χ2v) is 4.82. The molecule has 0 spiro atoms. The number of hydrogen-bond donors (Lipinski definition) is 1. The topological polar surface area (TPSA) is 29.5 Å². The van der Waals surface area contributed by atoms with Gasteiger partial charge in [-0.2, -0.15) is 0 Å². The van der Waals surface area contributed by atoms with Crippen molar-refractivity contribution in [3.8, 4) is 5.75 Å². The first-order chi connectivity index (χ1) is 8.22. The molecule has 0 aliphatic carbocycles. The van der Waals surface area contributed by atoms with Gasteiger partial charge in [0.1, 0.15) is 11.9 Å². The lowest BCUT2D eigenvalue weighted by Gasteiger charge is -2.11. The van der Waals surface area contributed by atoms with E-state index in [0.29, 0.717) is 6.61 Å². The molecule has 0 aliphatic rings. The summed E-state index contributed by atoms with van der Waals surface area (Å²) < 4.78 is 5.38. The summed E-state index contributed by atoms with van der Waals surface area (Å²) in [6.45, 7) is 4.63. The minimum Gasteiger partial charge on any atom is -0.494 e. The molecule has 1 aromatic carbocycles.